The number of nitrogens with one attached hydrogen (secondary N) is 1. The number of benzene rings is 2. The molecular formula is C14H10BrFN2O2S. The lowest BCUT2D eigenvalue weighted by Crippen LogP contribution is -2.15. The minimum absolute atomic E-state index is 0.234. The maximum Gasteiger partial charge on any atom is 0.236 e. The molecule has 0 aromatic heterocycles. The number of anilines is 1. The number of hydrogen-bond acceptors (Lipinski definition) is 3. The van der Waals surface area contributed by atoms with Crippen LogP contribution in [-0.4, -0.2) is 8.42 Å². The van der Waals surface area contributed by atoms with Crippen molar-refractivity contribution in [3.63, 3.8) is 0 Å². The predicted molar refractivity (Wildman–Crippen MR) is 81.5 cm³/mol. The van der Waals surface area contributed by atoms with Crippen molar-refractivity contribution in [2.45, 2.75) is 5.75 Å². The fourth-order valence-corrected chi connectivity index (χ4v) is 3.47. The third-order valence-corrected chi connectivity index (χ3v) is 4.54. The Labute approximate surface area is 130 Å². The Hall–Kier alpha value is -1.91. The van der Waals surface area contributed by atoms with E-state index in [2.05, 4.69) is 20.7 Å². The Morgan fingerprint density at radius 3 is 2.43 bits per heavy atom. The molecule has 0 atom stereocenters. The summed E-state index contributed by atoms with van der Waals surface area (Å²) >= 11 is 3.10. The summed E-state index contributed by atoms with van der Waals surface area (Å²) in [4.78, 5) is 0. The van der Waals surface area contributed by atoms with E-state index in [4.69, 9.17) is 5.26 Å². The third-order valence-electron chi connectivity index (χ3n) is 2.64. The van der Waals surface area contributed by atoms with E-state index in [9.17, 15) is 12.8 Å². The van der Waals surface area contributed by atoms with Gasteiger partial charge in [0.1, 0.15) is 5.82 Å². The Morgan fingerprint density at radius 2 is 1.86 bits per heavy atom. The Morgan fingerprint density at radius 1 is 1.19 bits per heavy atom. The van der Waals surface area contributed by atoms with Gasteiger partial charge in [-0.3, -0.25) is 4.72 Å². The number of nitrogens with zero attached hydrogens (tertiary/aromatic N) is 1. The minimum Gasteiger partial charge on any atom is -0.282 e. The summed E-state index contributed by atoms with van der Waals surface area (Å²) in [6.07, 6.45) is 0. The summed E-state index contributed by atoms with van der Waals surface area (Å²) in [5.41, 5.74) is 1.29. The van der Waals surface area contributed by atoms with Crippen LogP contribution in [0, 0.1) is 17.1 Å². The first-order valence-corrected chi connectivity index (χ1v) is 8.29. The van der Waals surface area contributed by atoms with Gasteiger partial charge < -0.3 is 0 Å². The van der Waals surface area contributed by atoms with Crippen LogP contribution in [0.25, 0.3) is 0 Å². The molecule has 21 heavy (non-hydrogen) atoms. The van der Waals surface area contributed by atoms with E-state index in [0.29, 0.717) is 15.6 Å². The zero-order valence-electron chi connectivity index (χ0n) is 10.7. The van der Waals surface area contributed by atoms with Gasteiger partial charge in [-0.25, -0.2) is 12.8 Å². The maximum atomic E-state index is 13.0. The van der Waals surface area contributed by atoms with Crippen molar-refractivity contribution in [3.05, 3.63) is 63.9 Å². The van der Waals surface area contributed by atoms with E-state index >= 15 is 0 Å². The van der Waals surface area contributed by atoms with Crippen LogP contribution in [0.5, 0.6) is 0 Å². The summed E-state index contributed by atoms with van der Waals surface area (Å²) in [5.74, 6) is -0.695. The average molecular weight is 369 g/mol. The molecule has 2 rings (SSSR count). The molecule has 0 unspecified atom stereocenters. The standard InChI is InChI=1S/C14H10BrFN2O2S/c15-13-7-12(16)5-6-14(13)18-21(19,20)9-11-3-1-10(8-17)2-4-11/h1-7,18H,9H2. The molecule has 0 spiro atoms. The number of sulfonamides is 1. The lowest BCUT2D eigenvalue weighted by atomic mass is 10.2. The first-order chi connectivity index (χ1) is 9.89. The topological polar surface area (TPSA) is 70.0 Å². The van der Waals surface area contributed by atoms with Crippen LogP contribution in [-0.2, 0) is 15.8 Å². The molecule has 0 aliphatic carbocycles. The van der Waals surface area contributed by atoms with E-state index in [1.54, 1.807) is 24.3 Å². The molecule has 4 nitrogen and oxygen atoms in total. The van der Waals surface area contributed by atoms with Gasteiger partial charge in [0, 0.05) is 4.47 Å². The largest absolute Gasteiger partial charge is 0.282 e. The molecular weight excluding hydrogens is 359 g/mol. The van der Waals surface area contributed by atoms with E-state index in [1.807, 2.05) is 6.07 Å². The summed E-state index contributed by atoms with van der Waals surface area (Å²) in [5, 5.41) is 8.69. The van der Waals surface area contributed by atoms with Gasteiger partial charge >= 0.3 is 0 Å². The quantitative estimate of drug-likeness (QED) is 0.898. The van der Waals surface area contributed by atoms with Crippen molar-refractivity contribution in [3.8, 4) is 6.07 Å². The zero-order valence-corrected chi connectivity index (χ0v) is 13.1. The average Bonchev–Trinajstić information content (AvgIpc) is 2.42. The molecule has 0 heterocycles. The van der Waals surface area contributed by atoms with Crippen molar-refractivity contribution in [1.82, 2.24) is 0 Å². The summed E-state index contributed by atoms with van der Waals surface area (Å²) < 4.78 is 39.8. The Kier molecular flexibility index (Phi) is 4.60. The molecule has 0 bridgehead atoms. The van der Waals surface area contributed by atoms with Crippen LogP contribution in [0.15, 0.2) is 46.9 Å². The SMILES string of the molecule is N#Cc1ccc(CS(=O)(=O)Nc2ccc(F)cc2Br)cc1. The van der Waals surface area contributed by atoms with E-state index in [1.165, 1.54) is 18.2 Å². The smallest absolute Gasteiger partial charge is 0.236 e. The van der Waals surface area contributed by atoms with Crippen molar-refractivity contribution >= 4 is 31.6 Å². The van der Waals surface area contributed by atoms with Gasteiger partial charge in [-0.05, 0) is 51.8 Å². The van der Waals surface area contributed by atoms with E-state index in [0.717, 1.165) is 0 Å². The highest BCUT2D eigenvalue weighted by atomic mass is 79.9. The highest BCUT2D eigenvalue weighted by Crippen LogP contribution is 2.24. The van der Waals surface area contributed by atoms with Crippen molar-refractivity contribution in [2.75, 3.05) is 4.72 Å². The summed E-state index contributed by atoms with van der Waals surface area (Å²) in [6, 6.07) is 11.9. The van der Waals surface area contributed by atoms with Crippen molar-refractivity contribution < 1.29 is 12.8 Å². The van der Waals surface area contributed by atoms with Crippen molar-refractivity contribution in [1.29, 1.82) is 5.26 Å². The summed E-state index contributed by atoms with van der Waals surface area (Å²) in [7, 11) is -3.63. The van der Waals surface area contributed by atoms with Gasteiger partial charge in [-0.2, -0.15) is 5.26 Å². The molecule has 0 aliphatic heterocycles. The van der Waals surface area contributed by atoms with Crippen molar-refractivity contribution in [2.24, 2.45) is 0 Å². The molecule has 0 radical (unpaired) electrons. The molecule has 0 saturated carbocycles. The first-order valence-electron chi connectivity index (χ1n) is 5.84. The fraction of sp³-hybridized carbons (Fsp3) is 0.0714. The molecule has 2 aromatic carbocycles. The van der Waals surface area contributed by atoms with Gasteiger partial charge in [0.15, 0.2) is 0 Å². The lowest BCUT2D eigenvalue weighted by molar-refractivity contribution is 0.600. The lowest BCUT2D eigenvalue weighted by Gasteiger charge is -2.10. The minimum atomic E-state index is -3.63. The second kappa shape index (κ2) is 6.24. The second-order valence-corrected chi connectivity index (χ2v) is 6.87. The number of rotatable bonds is 4. The molecule has 0 amide bonds. The van der Waals surface area contributed by atoms with Gasteiger partial charge in [-0.15, -0.1) is 0 Å². The first kappa shape index (κ1) is 15.5. The van der Waals surface area contributed by atoms with Gasteiger partial charge in [-0.1, -0.05) is 12.1 Å². The second-order valence-electron chi connectivity index (χ2n) is 4.29. The normalized spacial score (nSPS) is 10.9. The summed E-state index contributed by atoms with van der Waals surface area (Å²) in [6.45, 7) is 0. The molecule has 7 heteroatoms. The van der Waals surface area contributed by atoms with Crippen LogP contribution < -0.4 is 4.72 Å². The van der Waals surface area contributed by atoms with E-state index < -0.39 is 15.8 Å². The number of halogens is 2. The fourth-order valence-electron chi connectivity index (χ4n) is 1.67. The van der Waals surface area contributed by atoms with Crippen LogP contribution in [0.2, 0.25) is 0 Å². The highest BCUT2D eigenvalue weighted by Gasteiger charge is 2.14. The highest BCUT2D eigenvalue weighted by molar-refractivity contribution is 9.10. The number of hydrogen-bond donors (Lipinski definition) is 1. The molecule has 0 aliphatic rings. The molecule has 1 N–H and O–H groups in total. The Balaban J connectivity index is 2.16. The van der Waals surface area contributed by atoms with Gasteiger partial charge in [0.25, 0.3) is 0 Å². The van der Waals surface area contributed by atoms with Crippen LogP contribution in [0.3, 0.4) is 0 Å². The zero-order chi connectivity index (χ0) is 15.5. The van der Waals surface area contributed by atoms with Gasteiger partial charge in [0.05, 0.1) is 23.1 Å². The molecule has 2 aromatic rings. The maximum absolute atomic E-state index is 13.0. The monoisotopic (exact) mass is 368 g/mol. The van der Waals surface area contributed by atoms with Gasteiger partial charge in [0.2, 0.25) is 10.0 Å². The third kappa shape index (κ3) is 4.28. The van der Waals surface area contributed by atoms with E-state index in [-0.39, 0.29) is 11.4 Å². The van der Waals surface area contributed by atoms with Crippen LogP contribution >= 0.6 is 15.9 Å². The van der Waals surface area contributed by atoms with Crippen LogP contribution in [0.4, 0.5) is 10.1 Å². The molecule has 0 saturated heterocycles. The van der Waals surface area contributed by atoms with Crippen LogP contribution in [0.1, 0.15) is 11.1 Å². The Bertz CT molecular complexity index is 799. The number of nitriles is 1. The molecule has 108 valence electrons. The molecule has 0 fully saturated rings. The predicted octanol–water partition coefficient (Wildman–Crippen LogP) is 3.40.